The van der Waals surface area contributed by atoms with Gasteiger partial charge in [0.15, 0.2) is 23.2 Å². The van der Waals surface area contributed by atoms with Crippen molar-refractivity contribution in [3.05, 3.63) is 156 Å². The molecule has 0 spiro atoms. The molecule has 2 bridgehead atoms. The van der Waals surface area contributed by atoms with Gasteiger partial charge in [-0.05, 0) is 66.8 Å². The minimum atomic E-state index is 0. The largest absolute Gasteiger partial charge is 0.316 e. The van der Waals surface area contributed by atoms with E-state index in [1.807, 2.05) is 36.4 Å². The van der Waals surface area contributed by atoms with Crippen molar-refractivity contribution in [1.82, 2.24) is 24.5 Å². The minimum absolute atomic E-state index is 0. The quantitative estimate of drug-likeness (QED) is 0.162. The first-order valence-corrected chi connectivity index (χ1v) is 17.1. The molecule has 8 aromatic rings. The van der Waals surface area contributed by atoms with Crippen molar-refractivity contribution in [2.75, 3.05) is 0 Å². The van der Waals surface area contributed by atoms with Crippen molar-refractivity contribution in [2.45, 2.75) is 31.1 Å². The molecule has 1 saturated carbocycles. The Balaban J connectivity index is 0.00000348. The van der Waals surface area contributed by atoms with Gasteiger partial charge in [-0.15, -0.1) is 34.9 Å². The van der Waals surface area contributed by atoms with E-state index < -0.39 is 0 Å². The molecule has 0 N–H and O–H groups in total. The summed E-state index contributed by atoms with van der Waals surface area (Å²) in [5, 5.41) is 2.45. The standard InChI is InChI=1S/C44H29N6.Ir/c1-45-38-25-32(26-46-41(38)31-19-22-34-29-15-16-30(23-29)37(34)24-31)44-48-42(27-9-3-2-4-10-27)47-43(49-44)28-17-20-33(21-18-28)50-39-13-7-5-11-35(39)36-12-6-8-14-40(36)50;/h2-14,17-18,20-22,24-26,29-30H,15-16,23H2;/q-1;. The molecule has 2 unspecified atom stereocenters. The molecular formula is C44H29IrN6-. The van der Waals surface area contributed by atoms with Crippen LogP contribution in [-0.4, -0.2) is 24.5 Å². The third-order valence-corrected chi connectivity index (χ3v) is 10.5. The third-order valence-electron chi connectivity index (χ3n) is 10.5. The minimum Gasteiger partial charge on any atom is -0.316 e. The molecule has 0 amide bonds. The zero-order valence-corrected chi connectivity index (χ0v) is 29.8. The van der Waals surface area contributed by atoms with Crippen LogP contribution in [0.15, 0.2) is 128 Å². The second-order valence-electron chi connectivity index (χ2n) is 13.3. The van der Waals surface area contributed by atoms with Crippen LogP contribution in [0.2, 0.25) is 0 Å². The smallest absolute Gasteiger partial charge is 0.173 e. The van der Waals surface area contributed by atoms with Gasteiger partial charge in [-0.3, -0.25) is 0 Å². The Morgan fingerprint density at radius 2 is 1.24 bits per heavy atom. The molecule has 5 aromatic carbocycles. The summed E-state index contributed by atoms with van der Waals surface area (Å²) >= 11 is 0. The number of benzene rings is 5. The normalized spacial score (nSPS) is 15.8. The fraction of sp³-hybridized carbons (Fsp3) is 0.114. The average Bonchev–Trinajstić information content (AvgIpc) is 3.91. The van der Waals surface area contributed by atoms with E-state index in [1.54, 1.807) is 6.20 Å². The number of para-hydroxylation sites is 2. The molecule has 1 radical (unpaired) electrons. The fourth-order valence-electron chi connectivity index (χ4n) is 8.09. The molecule has 10 rings (SSSR count). The van der Waals surface area contributed by atoms with Crippen LogP contribution in [0.3, 0.4) is 0 Å². The summed E-state index contributed by atoms with van der Waals surface area (Å²) in [7, 11) is 0. The molecular weight excluding hydrogens is 805 g/mol. The van der Waals surface area contributed by atoms with E-state index in [0.29, 0.717) is 46.3 Å². The van der Waals surface area contributed by atoms with Gasteiger partial charge >= 0.3 is 0 Å². The molecule has 6 nitrogen and oxygen atoms in total. The van der Waals surface area contributed by atoms with Crippen molar-refractivity contribution in [1.29, 1.82) is 0 Å². The second-order valence-corrected chi connectivity index (χ2v) is 13.3. The summed E-state index contributed by atoms with van der Waals surface area (Å²) in [6, 6.07) is 44.9. The number of fused-ring (bicyclic) bond motifs is 8. The van der Waals surface area contributed by atoms with Crippen molar-refractivity contribution in [3.8, 4) is 51.1 Å². The number of hydrogen-bond acceptors (Lipinski definition) is 4. The van der Waals surface area contributed by atoms with Gasteiger partial charge in [0.05, 0.1) is 17.6 Å². The van der Waals surface area contributed by atoms with Crippen molar-refractivity contribution in [3.63, 3.8) is 0 Å². The van der Waals surface area contributed by atoms with Crippen molar-refractivity contribution in [2.24, 2.45) is 0 Å². The predicted molar refractivity (Wildman–Crippen MR) is 198 cm³/mol. The van der Waals surface area contributed by atoms with Crippen LogP contribution in [-0.2, 0) is 20.1 Å². The maximum absolute atomic E-state index is 8.08. The molecule has 51 heavy (non-hydrogen) atoms. The van der Waals surface area contributed by atoms with Crippen LogP contribution < -0.4 is 0 Å². The van der Waals surface area contributed by atoms with Crippen LogP contribution in [0.5, 0.6) is 0 Å². The van der Waals surface area contributed by atoms with Gasteiger partial charge in [0.2, 0.25) is 0 Å². The van der Waals surface area contributed by atoms with Crippen LogP contribution >= 0.6 is 0 Å². The molecule has 245 valence electrons. The molecule has 3 heterocycles. The first kappa shape index (κ1) is 31.2. The van der Waals surface area contributed by atoms with Gasteiger partial charge in [0, 0.05) is 59.5 Å². The number of hydrogen-bond donors (Lipinski definition) is 0. The Kier molecular flexibility index (Phi) is 7.65. The fourth-order valence-corrected chi connectivity index (χ4v) is 8.09. The van der Waals surface area contributed by atoms with Gasteiger partial charge in [0.1, 0.15) is 0 Å². The van der Waals surface area contributed by atoms with E-state index in [2.05, 4.69) is 100 Å². The van der Waals surface area contributed by atoms with Gasteiger partial charge in [-0.1, -0.05) is 79.2 Å². The van der Waals surface area contributed by atoms with E-state index in [4.69, 9.17) is 26.5 Å². The van der Waals surface area contributed by atoms with Gasteiger partial charge in [-0.2, -0.15) is 0 Å². The molecule has 0 saturated heterocycles. The van der Waals surface area contributed by atoms with Gasteiger partial charge in [-0.25, -0.2) is 19.8 Å². The van der Waals surface area contributed by atoms with Crippen molar-refractivity contribution < 1.29 is 20.1 Å². The van der Waals surface area contributed by atoms with Crippen LogP contribution in [0.25, 0.3) is 77.8 Å². The van der Waals surface area contributed by atoms with Gasteiger partial charge in [0.25, 0.3) is 0 Å². The molecule has 2 aliphatic carbocycles. The molecule has 0 aliphatic heterocycles. The monoisotopic (exact) mass is 834 g/mol. The van der Waals surface area contributed by atoms with E-state index in [1.165, 1.54) is 41.2 Å². The number of pyridine rings is 1. The van der Waals surface area contributed by atoms with E-state index >= 15 is 0 Å². The summed E-state index contributed by atoms with van der Waals surface area (Å²) in [5.74, 6) is 2.87. The summed E-state index contributed by atoms with van der Waals surface area (Å²) < 4.78 is 2.30. The van der Waals surface area contributed by atoms with Crippen LogP contribution in [0.4, 0.5) is 5.69 Å². The number of aromatic nitrogens is 5. The van der Waals surface area contributed by atoms with E-state index in [-0.39, 0.29) is 20.1 Å². The zero-order valence-electron chi connectivity index (χ0n) is 27.4. The Hall–Kier alpha value is -5.80. The summed E-state index contributed by atoms with van der Waals surface area (Å²) in [4.78, 5) is 23.5. The average molecular weight is 834 g/mol. The maximum Gasteiger partial charge on any atom is 0.173 e. The third kappa shape index (κ3) is 5.19. The van der Waals surface area contributed by atoms with E-state index in [9.17, 15) is 0 Å². The summed E-state index contributed by atoms with van der Waals surface area (Å²) in [6.45, 7) is 8.08. The second kappa shape index (κ2) is 12.5. The molecule has 7 heteroatoms. The SMILES string of the molecule is [C-]#[N+]c1cc(-c2nc(-c3ccccc3)nc(-c3ccc(-n4c5ccccc5c5ccccc54)cc3)n2)cnc1-c1[c-]cc2c(c1)C1CCC2C1.[Ir]. The molecule has 2 atom stereocenters. The number of rotatable bonds is 5. The number of nitrogens with zero attached hydrogens (tertiary/aromatic N) is 6. The van der Waals surface area contributed by atoms with Crippen LogP contribution in [0.1, 0.15) is 42.2 Å². The Labute approximate surface area is 309 Å². The first-order chi connectivity index (χ1) is 24.7. The molecule has 2 aliphatic rings. The molecule has 1 fully saturated rings. The van der Waals surface area contributed by atoms with E-state index in [0.717, 1.165) is 33.4 Å². The Morgan fingerprint density at radius 3 is 1.90 bits per heavy atom. The summed E-state index contributed by atoms with van der Waals surface area (Å²) in [5.41, 5.74) is 10.6. The predicted octanol–water partition coefficient (Wildman–Crippen LogP) is 10.7. The zero-order chi connectivity index (χ0) is 33.2. The first-order valence-electron chi connectivity index (χ1n) is 17.1. The summed E-state index contributed by atoms with van der Waals surface area (Å²) in [6.07, 6.45) is 5.53. The maximum atomic E-state index is 8.08. The Bertz CT molecular complexity index is 2600. The Morgan fingerprint density at radius 1 is 0.647 bits per heavy atom. The van der Waals surface area contributed by atoms with Gasteiger partial charge < -0.3 is 9.55 Å². The van der Waals surface area contributed by atoms with Crippen molar-refractivity contribution >= 4 is 27.5 Å². The topological polar surface area (TPSA) is 60.9 Å². The van der Waals surface area contributed by atoms with Crippen LogP contribution in [0, 0.1) is 12.6 Å². The molecule has 3 aromatic heterocycles.